The van der Waals surface area contributed by atoms with E-state index in [2.05, 4.69) is 47.2 Å². The van der Waals surface area contributed by atoms with Gasteiger partial charge in [0, 0.05) is 77.0 Å². The maximum atomic E-state index is 15.7. The smallest absolute Gasteiger partial charge is 0.190 e. The van der Waals surface area contributed by atoms with Crippen LogP contribution in [0.15, 0.2) is 57.7 Å². The minimum Gasteiger partial charge on any atom is -0.396 e. The first-order chi connectivity index (χ1) is 36.9. The average molecular weight is 1100 g/mol. The Labute approximate surface area is 465 Å². The van der Waals surface area contributed by atoms with Crippen LogP contribution in [0, 0.1) is 92.7 Å². The standard InChI is InChI=1S/C62H92N6O7S2/c1-33(70)67-56(63)66-29-39-41-16-15-36-35-12-10-13-37-47(35)49-53(38-14-11-19-59(50(37)38)17-6-7-18-59)57(2,3)26-34(68-23-22-65-32-68)30-76-77-60(20-8-9-21-60)46-25-42(48(36)55(49)74)61(41,31-69)62(46,75)43-24-44(71)52-40(28-64-5)54(73)45(72)27-58(52,4)51(39)43/h22-24,32-36,39-42,45-46,48-52,54-55,64,69-70,72-75H,6-21,25-31H2,1-5H3,(H3,63,66,67). The Morgan fingerprint density at radius 2 is 1.68 bits per heavy atom. The third kappa shape index (κ3) is 7.59. The Kier molecular flexibility index (Phi) is 13.7. The minimum atomic E-state index is -1.66. The van der Waals surface area contributed by atoms with E-state index in [-0.39, 0.29) is 95.5 Å². The van der Waals surface area contributed by atoms with Crippen LogP contribution in [-0.4, -0.2) is 119 Å². The van der Waals surface area contributed by atoms with Crippen molar-refractivity contribution in [1.82, 2.24) is 20.2 Å². The zero-order valence-electron chi connectivity index (χ0n) is 46.7. The lowest BCUT2D eigenvalue weighted by Gasteiger charge is -2.68. The fraction of sp³-hybridized carbons (Fsp3) is 0.823. The molecule has 20 atom stereocenters. The predicted molar refractivity (Wildman–Crippen MR) is 303 cm³/mol. The maximum Gasteiger partial charge on any atom is 0.190 e. The molecule has 13 rings (SSSR count). The summed E-state index contributed by atoms with van der Waals surface area (Å²) >= 11 is 0. The molecule has 15 heteroatoms. The number of aliphatic imine (C=N–C) groups is 1. The van der Waals surface area contributed by atoms with Gasteiger partial charge in [0.15, 0.2) is 11.7 Å². The summed E-state index contributed by atoms with van der Waals surface area (Å²) < 4.78 is 1.94. The molecule has 8 saturated carbocycles. The van der Waals surface area contributed by atoms with Crippen LogP contribution in [0.1, 0.15) is 156 Å². The van der Waals surface area contributed by atoms with E-state index in [0.29, 0.717) is 30.9 Å². The van der Waals surface area contributed by atoms with Crippen LogP contribution in [0.4, 0.5) is 0 Å². The Hall–Kier alpha value is -2.21. The zero-order valence-corrected chi connectivity index (χ0v) is 48.3. The largest absolute Gasteiger partial charge is 0.396 e. The highest BCUT2D eigenvalue weighted by Crippen LogP contribution is 2.80. The molecule has 4 bridgehead atoms. The number of nitrogens with zero attached hydrogens (tertiary/aromatic N) is 3. The lowest BCUT2D eigenvalue weighted by molar-refractivity contribution is -0.218. The molecule has 1 aromatic heterocycles. The Bertz CT molecular complexity index is 2590. The van der Waals surface area contributed by atoms with E-state index in [9.17, 15) is 25.5 Å². The minimum absolute atomic E-state index is 0.108. The first-order valence-corrected chi connectivity index (χ1v) is 33.0. The molecule has 9 fully saturated rings. The van der Waals surface area contributed by atoms with Crippen LogP contribution in [0.5, 0.6) is 0 Å². The monoisotopic (exact) mass is 1100 g/mol. The van der Waals surface area contributed by atoms with Crippen molar-refractivity contribution in [2.24, 2.45) is 103 Å². The Balaban J connectivity index is 1.08. The molecule has 1 aromatic rings. The van der Waals surface area contributed by atoms with E-state index in [1.807, 2.05) is 41.2 Å². The van der Waals surface area contributed by atoms with Crippen molar-refractivity contribution in [1.29, 1.82) is 0 Å². The molecule has 77 heavy (non-hydrogen) atoms. The number of aromatic nitrogens is 2. The number of rotatable bonds is 7. The van der Waals surface area contributed by atoms with Gasteiger partial charge in [0.2, 0.25) is 0 Å². The van der Waals surface area contributed by atoms with Gasteiger partial charge in [-0.15, -0.1) is 0 Å². The summed E-state index contributed by atoms with van der Waals surface area (Å²) in [7, 11) is 5.76. The van der Waals surface area contributed by atoms with Crippen LogP contribution in [0.2, 0.25) is 0 Å². The first kappa shape index (κ1) is 54.1. The summed E-state index contributed by atoms with van der Waals surface area (Å²) in [5.74, 6) is -1.64. The van der Waals surface area contributed by atoms with Gasteiger partial charge in [-0.3, -0.25) is 9.79 Å². The van der Waals surface area contributed by atoms with E-state index in [4.69, 9.17) is 10.7 Å². The summed E-state index contributed by atoms with van der Waals surface area (Å²) in [6.45, 7) is 9.06. The fourth-order valence-electron chi connectivity index (χ4n) is 23.0. The normalized spacial score (nSPS) is 46.8. The lowest BCUT2D eigenvalue weighted by atomic mass is 9.38. The summed E-state index contributed by atoms with van der Waals surface area (Å²) in [6, 6.07) is 0.133. The number of nitrogens with one attached hydrogen (secondary N) is 2. The molecular formula is C62H92N6O7S2. The number of fused-ring (bicyclic) bond motifs is 11. The Morgan fingerprint density at radius 1 is 0.935 bits per heavy atom. The molecule has 2 spiro atoms. The van der Waals surface area contributed by atoms with Crippen LogP contribution >= 0.6 is 21.6 Å². The topological polar surface area (TPSA) is 219 Å². The zero-order chi connectivity index (χ0) is 53.8. The van der Waals surface area contributed by atoms with E-state index >= 15 is 9.90 Å². The quantitative estimate of drug-likeness (QED) is 0.0418. The number of imidazole rings is 1. The van der Waals surface area contributed by atoms with Gasteiger partial charge in [-0.2, -0.15) is 0 Å². The van der Waals surface area contributed by atoms with E-state index < -0.39 is 63.5 Å². The van der Waals surface area contributed by atoms with Crippen molar-refractivity contribution in [3.05, 3.63) is 52.7 Å². The van der Waals surface area contributed by atoms with Crippen molar-refractivity contribution in [2.45, 2.75) is 191 Å². The molecule has 1 saturated heterocycles. The van der Waals surface area contributed by atoms with Gasteiger partial charge >= 0.3 is 0 Å². The molecule has 424 valence electrons. The maximum absolute atomic E-state index is 15.7. The molecule has 10 N–H and O–H groups in total. The molecule has 0 radical (unpaired) electrons. The highest BCUT2D eigenvalue weighted by Gasteiger charge is 2.81. The molecule has 13 nitrogen and oxygen atoms in total. The van der Waals surface area contributed by atoms with E-state index in [0.717, 1.165) is 70.0 Å². The summed E-state index contributed by atoms with van der Waals surface area (Å²) in [4.78, 5) is 25.4. The fourth-order valence-corrected chi connectivity index (χ4v) is 26.8. The third-order valence-corrected chi connectivity index (χ3v) is 28.4. The highest BCUT2D eigenvalue weighted by atomic mass is 33.1. The SMILES string of the molecule is CNCC1C(O)C(O)CC2(C)C1C(=O)C=C1C2C(CN=C(N)NC(C)O)C2CCC3C4CCCC5=C4C4C(=C6CCCC7(CCCC7)C56)C(C)(C)CC(n5ccnc5)CSSC5(CCCC5)C5CC(C3C4O)C2(CO)C15O. The van der Waals surface area contributed by atoms with Gasteiger partial charge in [-0.25, -0.2) is 4.98 Å². The summed E-state index contributed by atoms with van der Waals surface area (Å²) in [6.07, 6.45) is 23.2. The number of hydrogen-bond donors (Lipinski definition) is 9. The van der Waals surface area contributed by atoms with Gasteiger partial charge in [0.05, 0.1) is 36.8 Å². The average Bonchev–Trinajstić information content (AvgIpc) is 3.20. The van der Waals surface area contributed by atoms with Crippen molar-refractivity contribution in [2.75, 3.05) is 32.5 Å². The number of aliphatic hydroxyl groups is 6. The van der Waals surface area contributed by atoms with Gasteiger partial charge in [-0.05, 0) is 180 Å². The number of allylic oxidation sites excluding steroid dienone is 3. The predicted octanol–water partition coefficient (Wildman–Crippen LogP) is 7.88. The number of carbonyl (C=O) groups excluding carboxylic acids is 1. The van der Waals surface area contributed by atoms with Crippen LogP contribution in [0.3, 0.4) is 0 Å². The number of nitrogens with two attached hydrogens (primary N) is 1. The second-order valence-corrected chi connectivity index (χ2v) is 31.3. The molecule has 1 aliphatic heterocycles. The molecule has 2 heterocycles. The summed E-state index contributed by atoms with van der Waals surface area (Å²) in [5.41, 5.74) is 10.1. The van der Waals surface area contributed by atoms with Crippen LogP contribution < -0.4 is 16.4 Å². The van der Waals surface area contributed by atoms with E-state index in [1.54, 1.807) is 29.7 Å². The van der Waals surface area contributed by atoms with Gasteiger partial charge in [0.1, 0.15) is 6.23 Å². The highest BCUT2D eigenvalue weighted by molar-refractivity contribution is 8.77. The summed E-state index contributed by atoms with van der Waals surface area (Å²) in [5, 5.41) is 84.0. The van der Waals surface area contributed by atoms with Crippen molar-refractivity contribution in [3.63, 3.8) is 0 Å². The first-order valence-electron chi connectivity index (χ1n) is 30.7. The number of aliphatic hydroxyl groups excluding tert-OH is 5. The van der Waals surface area contributed by atoms with Crippen molar-refractivity contribution < 1.29 is 35.4 Å². The molecular weight excluding hydrogens is 1000 g/mol. The number of guanidine groups is 1. The number of ketones is 1. The van der Waals surface area contributed by atoms with Gasteiger partial charge < -0.3 is 51.6 Å². The van der Waals surface area contributed by atoms with Gasteiger partial charge in [-0.1, -0.05) is 90.3 Å². The van der Waals surface area contributed by atoms with Crippen molar-refractivity contribution >= 4 is 33.3 Å². The van der Waals surface area contributed by atoms with Crippen LogP contribution in [-0.2, 0) is 4.79 Å². The van der Waals surface area contributed by atoms with Gasteiger partial charge in [0.25, 0.3) is 0 Å². The van der Waals surface area contributed by atoms with E-state index in [1.165, 1.54) is 44.1 Å². The second-order valence-electron chi connectivity index (χ2n) is 28.6. The third-order valence-electron chi connectivity index (χ3n) is 25.0. The lowest BCUT2D eigenvalue weighted by Crippen LogP contribution is -2.72. The Morgan fingerprint density at radius 3 is 2.39 bits per heavy atom. The molecule has 20 unspecified atom stereocenters. The molecule has 0 amide bonds. The number of hydrogen-bond acceptors (Lipinski definition) is 12. The molecule has 12 aliphatic rings. The molecule has 11 aliphatic carbocycles. The molecule has 0 aromatic carbocycles. The van der Waals surface area contributed by atoms with Crippen LogP contribution in [0.25, 0.3) is 0 Å². The second kappa shape index (κ2) is 19.4. The van der Waals surface area contributed by atoms with Crippen molar-refractivity contribution in [3.8, 4) is 0 Å². The number of carbonyl (C=O) groups is 1.